The van der Waals surface area contributed by atoms with Crippen LogP contribution in [0, 0.1) is 5.92 Å². The topological polar surface area (TPSA) is 96.5 Å². The number of nitrogens with one attached hydrogen (secondary N) is 3. The van der Waals surface area contributed by atoms with Crippen LogP contribution in [0.25, 0.3) is 0 Å². The Hall–Kier alpha value is -2.41. The van der Waals surface area contributed by atoms with Crippen LogP contribution >= 0.6 is 0 Å². The average molecular weight is 277 g/mol. The van der Waals surface area contributed by atoms with Crippen molar-refractivity contribution in [1.29, 1.82) is 0 Å². The summed E-state index contributed by atoms with van der Waals surface area (Å²) in [7, 11) is 1.44. The Bertz CT molecular complexity index is 518. The molecule has 106 valence electrons. The molecule has 2 unspecified atom stereocenters. The van der Waals surface area contributed by atoms with Crippen LogP contribution in [-0.2, 0) is 25.8 Å². The molecule has 1 aromatic carbocycles. The number of carbonyl (C=O) groups excluding carboxylic acids is 3. The SMILES string of the molecule is CNC(=O)C1NC(=O)C1C(=O)NOCc1ccccc1. The van der Waals surface area contributed by atoms with Gasteiger partial charge in [0.05, 0.1) is 6.61 Å². The van der Waals surface area contributed by atoms with Crippen LogP contribution in [0.2, 0.25) is 0 Å². The Morgan fingerprint density at radius 2 is 1.95 bits per heavy atom. The summed E-state index contributed by atoms with van der Waals surface area (Å²) in [6.45, 7) is 0.186. The molecular formula is C13H15N3O4. The molecule has 1 fully saturated rings. The quantitative estimate of drug-likeness (QED) is 0.369. The van der Waals surface area contributed by atoms with Gasteiger partial charge in [0.2, 0.25) is 11.8 Å². The molecule has 1 aromatic rings. The first kappa shape index (κ1) is 14.0. The van der Waals surface area contributed by atoms with Crippen molar-refractivity contribution in [2.75, 3.05) is 7.05 Å². The van der Waals surface area contributed by atoms with Gasteiger partial charge in [-0.3, -0.25) is 19.2 Å². The molecule has 3 N–H and O–H groups in total. The zero-order valence-electron chi connectivity index (χ0n) is 10.9. The number of amides is 3. The van der Waals surface area contributed by atoms with Crippen LogP contribution in [0.3, 0.4) is 0 Å². The predicted octanol–water partition coefficient (Wildman–Crippen LogP) is -0.905. The molecule has 7 heteroatoms. The maximum absolute atomic E-state index is 11.8. The monoisotopic (exact) mass is 277 g/mol. The molecule has 0 saturated carbocycles. The Labute approximate surface area is 115 Å². The molecule has 0 spiro atoms. The second-order valence-corrected chi connectivity index (χ2v) is 4.32. The van der Waals surface area contributed by atoms with E-state index in [0.717, 1.165) is 5.56 Å². The van der Waals surface area contributed by atoms with Crippen molar-refractivity contribution in [3.8, 4) is 0 Å². The standard InChI is InChI=1S/C13H15N3O4/c1-14-13(19)10-9(11(17)15-10)12(18)16-20-7-8-5-3-2-4-6-8/h2-6,9-10H,7H2,1H3,(H,14,19)(H,15,17)(H,16,18). The van der Waals surface area contributed by atoms with Crippen LogP contribution in [0.1, 0.15) is 5.56 Å². The summed E-state index contributed by atoms with van der Waals surface area (Å²) in [5, 5.41) is 4.74. The van der Waals surface area contributed by atoms with Crippen LogP contribution in [-0.4, -0.2) is 30.8 Å². The van der Waals surface area contributed by atoms with Gasteiger partial charge in [0.25, 0.3) is 5.91 Å². The molecule has 3 amide bonds. The van der Waals surface area contributed by atoms with Gasteiger partial charge >= 0.3 is 0 Å². The second kappa shape index (κ2) is 6.16. The number of hydrogen-bond donors (Lipinski definition) is 3. The van der Waals surface area contributed by atoms with Crippen molar-refractivity contribution in [2.24, 2.45) is 5.92 Å². The molecule has 1 saturated heterocycles. The maximum Gasteiger partial charge on any atom is 0.258 e. The fourth-order valence-electron chi connectivity index (χ4n) is 1.85. The first-order valence-electron chi connectivity index (χ1n) is 6.11. The first-order valence-corrected chi connectivity index (χ1v) is 6.11. The highest BCUT2D eigenvalue weighted by atomic mass is 16.6. The minimum absolute atomic E-state index is 0.186. The normalized spacial score (nSPS) is 20.6. The van der Waals surface area contributed by atoms with Gasteiger partial charge in [-0.05, 0) is 5.56 Å². The maximum atomic E-state index is 11.8. The first-order chi connectivity index (χ1) is 9.63. The summed E-state index contributed by atoms with van der Waals surface area (Å²) in [6.07, 6.45) is 0. The van der Waals surface area contributed by atoms with E-state index in [4.69, 9.17) is 4.84 Å². The second-order valence-electron chi connectivity index (χ2n) is 4.32. The highest BCUT2D eigenvalue weighted by Crippen LogP contribution is 2.15. The lowest BCUT2D eigenvalue weighted by atomic mass is 9.89. The molecule has 0 aliphatic carbocycles. The number of hydroxylamine groups is 1. The molecule has 0 aromatic heterocycles. The van der Waals surface area contributed by atoms with Crippen LogP contribution < -0.4 is 16.1 Å². The lowest BCUT2D eigenvalue weighted by Gasteiger charge is -2.33. The van der Waals surface area contributed by atoms with E-state index in [2.05, 4.69) is 16.1 Å². The zero-order chi connectivity index (χ0) is 14.5. The van der Waals surface area contributed by atoms with Gasteiger partial charge in [-0.2, -0.15) is 0 Å². The third-order valence-corrected chi connectivity index (χ3v) is 2.98. The minimum atomic E-state index is -1.05. The van der Waals surface area contributed by atoms with E-state index in [-0.39, 0.29) is 6.61 Å². The van der Waals surface area contributed by atoms with Crippen molar-refractivity contribution >= 4 is 17.7 Å². The van der Waals surface area contributed by atoms with Gasteiger partial charge in [-0.15, -0.1) is 0 Å². The van der Waals surface area contributed by atoms with Crippen LogP contribution in [0.4, 0.5) is 0 Å². The lowest BCUT2D eigenvalue weighted by Crippen LogP contribution is -2.68. The van der Waals surface area contributed by atoms with E-state index in [1.54, 1.807) is 0 Å². The zero-order valence-corrected chi connectivity index (χ0v) is 10.9. The predicted molar refractivity (Wildman–Crippen MR) is 68.9 cm³/mol. The van der Waals surface area contributed by atoms with Gasteiger partial charge in [0, 0.05) is 7.05 Å². The highest BCUT2D eigenvalue weighted by Gasteiger charge is 2.48. The molecule has 1 aliphatic rings. The molecule has 0 bridgehead atoms. The van der Waals surface area contributed by atoms with Crippen molar-refractivity contribution in [2.45, 2.75) is 12.6 Å². The molecule has 1 heterocycles. The van der Waals surface area contributed by atoms with Crippen LogP contribution in [0.15, 0.2) is 30.3 Å². The molecule has 1 aliphatic heterocycles. The average Bonchev–Trinajstić information content (AvgIpc) is 2.45. The number of β-lactam (4-membered cyclic amide) rings is 1. The summed E-state index contributed by atoms with van der Waals surface area (Å²) in [4.78, 5) is 39.5. The van der Waals surface area contributed by atoms with E-state index in [1.165, 1.54) is 7.05 Å². The molecule has 0 radical (unpaired) electrons. The summed E-state index contributed by atoms with van der Waals surface area (Å²) in [5.41, 5.74) is 3.08. The number of carbonyl (C=O) groups is 3. The van der Waals surface area contributed by atoms with Crippen LogP contribution in [0.5, 0.6) is 0 Å². The summed E-state index contributed by atoms with van der Waals surface area (Å²) in [6, 6.07) is 8.41. The fraction of sp³-hybridized carbons (Fsp3) is 0.308. The minimum Gasteiger partial charge on any atom is -0.357 e. The van der Waals surface area contributed by atoms with E-state index in [1.807, 2.05) is 30.3 Å². The van der Waals surface area contributed by atoms with E-state index in [9.17, 15) is 14.4 Å². The van der Waals surface area contributed by atoms with Gasteiger partial charge < -0.3 is 10.6 Å². The van der Waals surface area contributed by atoms with Crippen molar-refractivity contribution in [1.82, 2.24) is 16.1 Å². The van der Waals surface area contributed by atoms with Crippen molar-refractivity contribution < 1.29 is 19.2 Å². The Kier molecular flexibility index (Phi) is 4.31. The molecular weight excluding hydrogens is 262 g/mol. The number of likely N-dealkylation sites (N-methyl/N-ethyl adjacent to an activating group) is 1. The molecule has 2 rings (SSSR count). The largest absolute Gasteiger partial charge is 0.357 e. The van der Waals surface area contributed by atoms with Gasteiger partial charge in [-0.1, -0.05) is 30.3 Å². The summed E-state index contributed by atoms with van der Waals surface area (Å²) < 4.78 is 0. The van der Waals surface area contributed by atoms with Gasteiger partial charge in [0.15, 0.2) is 0 Å². The lowest BCUT2D eigenvalue weighted by molar-refractivity contribution is -0.156. The number of hydrogen-bond acceptors (Lipinski definition) is 4. The number of benzene rings is 1. The molecule has 20 heavy (non-hydrogen) atoms. The Morgan fingerprint density at radius 3 is 2.55 bits per heavy atom. The van der Waals surface area contributed by atoms with E-state index < -0.39 is 29.7 Å². The Balaban J connectivity index is 1.82. The highest BCUT2D eigenvalue weighted by molar-refractivity contribution is 6.11. The van der Waals surface area contributed by atoms with Gasteiger partial charge in [-0.25, -0.2) is 5.48 Å². The fourth-order valence-corrected chi connectivity index (χ4v) is 1.85. The summed E-state index contributed by atoms with van der Waals surface area (Å²) >= 11 is 0. The van der Waals surface area contributed by atoms with Crippen molar-refractivity contribution in [3.05, 3.63) is 35.9 Å². The summed E-state index contributed by atoms with van der Waals surface area (Å²) in [5.74, 6) is -2.57. The van der Waals surface area contributed by atoms with Crippen molar-refractivity contribution in [3.63, 3.8) is 0 Å². The van der Waals surface area contributed by atoms with Gasteiger partial charge in [0.1, 0.15) is 12.0 Å². The van der Waals surface area contributed by atoms with E-state index >= 15 is 0 Å². The smallest absolute Gasteiger partial charge is 0.258 e. The third kappa shape index (κ3) is 2.94. The molecule has 2 atom stereocenters. The Morgan fingerprint density at radius 1 is 1.25 bits per heavy atom. The third-order valence-electron chi connectivity index (χ3n) is 2.98. The van der Waals surface area contributed by atoms with E-state index in [0.29, 0.717) is 0 Å². The molecule has 7 nitrogen and oxygen atoms in total. The number of rotatable bonds is 5.